The Kier molecular flexibility index (Phi) is 8.28. The summed E-state index contributed by atoms with van der Waals surface area (Å²) < 4.78 is 0. The molecule has 0 unspecified atom stereocenters. The lowest BCUT2D eigenvalue weighted by atomic mass is 10.4. The second-order valence-electron chi connectivity index (χ2n) is 2.44. The fourth-order valence-electron chi connectivity index (χ4n) is 0.385. The van der Waals surface area contributed by atoms with Gasteiger partial charge in [0.2, 0.25) is 0 Å². The van der Waals surface area contributed by atoms with Crippen LogP contribution >= 0.6 is 21.6 Å². The first-order chi connectivity index (χ1) is 4.77. The molecule has 1 N–H and O–H groups in total. The molecule has 0 radical (unpaired) electrons. The van der Waals surface area contributed by atoms with Crippen LogP contribution < -0.4 is 5.32 Å². The zero-order chi connectivity index (χ0) is 7.82. The van der Waals surface area contributed by atoms with E-state index in [1.165, 1.54) is 12.2 Å². The van der Waals surface area contributed by atoms with Crippen LogP contribution in [-0.2, 0) is 0 Å². The van der Waals surface area contributed by atoms with Gasteiger partial charge in [-0.05, 0) is 6.42 Å². The minimum atomic E-state index is 0.620. The van der Waals surface area contributed by atoms with Crippen molar-refractivity contribution >= 4 is 21.6 Å². The molecule has 10 heavy (non-hydrogen) atoms. The summed E-state index contributed by atoms with van der Waals surface area (Å²) in [5.41, 5.74) is 0. The molecule has 0 bridgehead atoms. The topological polar surface area (TPSA) is 12.0 Å². The zero-order valence-electron chi connectivity index (χ0n) is 7.02. The Morgan fingerprint density at radius 2 is 2.00 bits per heavy atom. The molecule has 0 rings (SSSR count). The van der Waals surface area contributed by atoms with Gasteiger partial charge in [-0.2, -0.15) is 0 Å². The Labute approximate surface area is 72.1 Å². The van der Waals surface area contributed by atoms with Crippen LogP contribution in [0.25, 0.3) is 0 Å². The molecule has 0 amide bonds. The highest BCUT2D eigenvalue weighted by atomic mass is 33.1. The summed E-state index contributed by atoms with van der Waals surface area (Å²) in [6, 6.07) is 0.620. The van der Waals surface area contributed by atoms with Crippen molar-refractivity contribution in [3.63, 3.8) is 0 Å². The van der Waals surface area contributed by atoms with Crippen molar-refractivity contribution in [2.24, 2.45) is 0 Å². The van der Waals surface area contributed by atoms with Crippen LogP contribution in [0.4, 0.5) is 0 Å². The van der Waals surface area contributed by atoms with Crippen molar-refractivity contribution in [2.75, 3.05) is 11.6 Å². The SMILES string of the molecule is CCCSSCNC(C)C. The third kappa shape index (κ3) is 8.66. The van der Waals surface area contributed by atoms with E-state index in [4.69, 9.17) is 0 Å². The maximum atomic E-state index is 3.35. The molecule has 62 valence electrons. The largest absolute Gasteiger partial charge is 0.305 e. The van der Waals surface area contributed by atoms with E-state index < -0.39 is 0 Å². The Morgan fingerprint density at radius 3 is 2.50 bits per heavy atom. The molecule has 0 heterocycles. The summed E-state index contributed by atoms with van der Waals surface area (Å²) in [5, 5.41) is 3.35. The van der Waals surface area contributed by atoms with Crippen LogP contribution in [0.1, 0.15) is 27.2 Å². The van der Waals surface area contributed by atoms with Gasteiger partial charge in [-0.25, -0.2) is 0 Å². The summed E-state index contributed by atoms with van der Waals surface area (Å²) in [4.78, 5) is 0. The first-order valence-electron chi connectivity index (χ1n) is 3.75. The minimum Gasteiger partial charge on any atom is -0.305 e. The lowest BCUT2D eigenvalue weighted by molar-refractivity contribution is 0.656. The number of hydrogen-bond acceptors (Lipinski definition) is 3. The molecule has 0 aromatic rings. The highest BCUT2D eigenvalue weighted by Crippen LogP contribution is 2.19. The molecule has 1 nitrogen and oxygen atoms in total. The summed E-state index contributed by atoms with van der Waals surface area (Å²) in [5.74, 6) is 2.34. The lowest BCUT2D eigenvalue weighted by Crippen LogP contribution is -2.21. The predicted molar refractivity (Wildman–Crippen MR) is 53.5 cm³/mol. The first-order valence-corrected chi connectivity index (χ1v) is 6.24. The summed E-state index contributed by atoms with van der Waals surface area (Å²) >= 11 is 0. The molecule has 0 aliphatic heterocycles. The van der Waals surface area contributed by atoms with E-state index in [2.05, 4.69) is 26.1 Å². The third-order valence-electron chi connectivity index (χ3n) is 0.921. The maximum Gasteiger partial charge on any atom is 0.0525 e. The second-order valence-corrected chi connectivity index (χ2v) is 5.03. The van der Waals surface area contributed by atoms with Gasteiger partial charge >= 0.3 is 0 Å². The van der Waals surface area contributed by atoms with Gasteiger partial charge in [0.05, 0.1) is 5.88 Å². The van der Waals surface area contributed by atoms with E-state index in [0.29, 0.717) is 6.04 Å². The Hall–Kier alpha value is 0.660. The van der Waals surface area contributed by atoms with Gasteiger partial charge in [0.25, 0.3) is 0 Å². The molecule has 0 aliphatic rings. The number of rotatable bonds is 6. The average Bonchev–Trinajstić information content (AvgIpc) is 1.87. The summed E-state index contributed by atoms with van der Waals surface area (Å²) in [7, 11) is 3.86. The van der Waals surface area contributed by atoms with Crippen LogP contribution in [0.2, 0.25) is 0 Å². The third-order valence-corrected chi connectivity index (χ3v) is 3.30. The van der Waals surface area contributed by atoms with Gasteiger partial charge in [-0.1, -0.05) is 42.4 Å². The Balaban J connectivity index is 2.77. The van der Waals surface area contributed by atoms with Crippen LogP contribution in [0.15, 0.2) is 0 Å². The van der Waals surface area contributed by atoms with Crippen molar-refractivity contribution in [3.05, 3.63) is 0 Å². The second kappa shape index (κ2) is 7.76. The molecule has 0 aliphatic carbocycles. The normalized spacial score (nSPS) is 10.8. The molecule has 0 aromatic carbocycles. The van der Waals surface area contributed by atoms with E-state index in [1.54, 1.807) is 0 Å². The van der Waals surface area contributed by atoms with Crippen molar-refractivity contribution in [1.29, 1.82) is 0 Å². The quantitative estimate of drug-likeness (QED) is 0.382. The van der Waals surface area contributed by atoms with Gasteiger partial charge in [0.15, 0.2) is 0 Å². The van der Waals surface area contributed by atoms with Gasteiger partial charge in [-0.3, -0.25) is 0 Å². The molecular weight excluding hydrogens is 162 g/mol. The molecule has 3 heteroatoms. The van der Waals surface area contributed by atoms with E-state index in [-0.39, 0.29) is 0 Å². The average molecular weight is 179 g/mol. The van der Waals surface area contributed by atoms with E-state index in [1.807, 2.05) is 21.6 Å². The molecule has 0 fully saturated rings. The highest BCUT2D eigenvalue weighted by Gasteiger charge is 1.90. The fourth-order valence-corrected chi connectivity index (χ4v) is 2.46. The minimum absolute atomic E-state index is 0.620. The highest BCUT2D eigenvalue weighted by molar-refractivity contribution is 8.76. The lowest BCUT2D eigenvalue weighted by Gasteiger charge is -2.05. The van der Waals surface area contributed by atoms with Crippen LogP contribution in [0.5, 0.6) is 0 Å². The van der Waals surface area contributed by atoms with Crippen molar-refractivity contribution in [3.8, 4) is 0 Å². The van der Waals surface area contributed by atoms with Crippen LogP contribution in [-0.4, -0.2) is 17.7 Å². The number of nitrogens with one attached hydrogen (secondary N) is 1. The number of hydrogen-bond donors (Lipinski definition) is 1. The van der Waals surface area contributed by atoms with Crippen LogP contribution in [0.3, 0.4) is 0 Å². The molecular formula is C7H17NS2. The standard InChI is InChI=1S/C7H17NS2/c1-4-5-9-10-6-8-7(2)3/h7-8H,4-6H2,1-3H3. The van der Waals surface area contributed by atoms with E-state index in [0.717, 1.165) is 5.88 Å². The van der Waals surface area contributed by atoms with E-state index in [9.17, 15) is 0 Å². The maximum absolute atomic E-state index is 3.35. The molecule has 0 atom stereocenters. The molecule has 0 spiro atoms. The van der Waals surface area contributed by atoms with Gasteiger partial charge in [0.1, 0.15) is 0 Å². The van der Waals surface area contributed by atoms with Crippen LogP contribution in [0, 0.1) is 0 Å². The van der Waals surface area contributed by atoms with Gasteiger partial charge in [-0.15, -0.1) is 0 Å². The summed E-state index contributed by atoms with van der Waals surface area (Å²) in [6.45, 7) is 6.56. The zero-order valence-corrected chi connectivity index (χ0v) is 8.65. The Bertz CT molecular complexity index is 66.6. The monoisotopic (exact) mass is 179 g/mol. The van der Waals surface area contributed by atoms with Crippen molar-refractivity contribution < 1.29 is 0 Å². The molecule has 0 saturated heterocycles. The van der Waals surface area contributed by atoms with Gasteiger partial charge < -0.3 is 5.32 Å². The van der Waals surface area contributed by atoms with Gasteiger partial charge in [0, 0.05) is 11.8 Å². The predicted octanol–water partition coefficient (Wildman–Crippen LogP) is 2.73. The first kappa shape index (κ1) is 10.7. The summed E-state index contributed by atoms with van der Waals surface area (Å²) in [6.07, 6.45) is 1.28. The Morgan fingerprint density at radius 1 is 1.30 bits per heavy atom. The fraction of sp³-hybridized carbons (Fsp3) is 1.00. The van der Waals surface area contributed by atoms with Crippen molar-refractivity contribution in [1.82, 2.24) is 5.32 Å². The molecule has 0 aromatic heterocycles. The van der Waals surface area contributed by atoms with Crippen molar-refractivity contribution in [2.45, 2.75) is 33.2 Å². The smallest absolute Gasteiger partial charge is 0.0525 e. The van der Waals surface area contributed by atoms with E-state index >= 15 is 0 Å². The molecule has 0 saturated carbocycles.